The Morgan fingerprint density at radius 2 is 2.10 bits per heavy atom. The Labute approximate surface area is 121 Å². The number of aliphatic hydroxyl groups is 1. The molecule has 116 valence electrons. The van der Waals surface area contributed by atoms with E-state index in [0.29, 0.717) is 11.3 Å². The van der Waals surface area contributed by atoms with Gasteiger partial charge in [0, 0.05) is 33.4 Å². The minimum absolute atomic E-state index is 0.0535. The minimum Gasteiger partial charge on any atom is -0.393 e. The number of piperidine rings is 1. The van der Waals surface area contributed by atoms with E-state index in [2.05, 4.69) is 5.32 Å². The third-order valence-corrected chi connectivity index (χ3v) is 4.92. The highest BCUT2D eigenvalue weighted by Gasteiger charge is 2.42. The molecule has 0 spiro atoms. The Kier molecular flexibility index (Phi) is 5.27. The van der Waals surface area contributed by atoms with Crippen molar-refractivity contribution in [2.75, 3.05) is 33.4 Å². The third-order valence-electron chi connectivity index (χ3n) is 4.92. The van der Waals surface area contributed by atoms with E-state index in [9.17, 15) is 9.90 Å². The summed E-state index contributed by atoms with van der Waals surface area (Å²) >= 11 is 0. The summed E-state index contributed by atoms with van der Waals surface area (Å²) in [6, 6.07) is 0.0535. The summed E-state index contributed by atoms with van der Waals surface area (Å²) in [5, 5.41) is 12.6. The number of hydrogen-bond acceptors (Lipinski definition) is 3. The lowest BCUT2D eigenvalue weighted by Crippen LogP contribution is -2.47. The van der Waals surface area contributed by atoms with E-state index in [-0.39, 0.29) is 12.1 Å². The first-order chi connectivity index (χ1) is 9.56. The second-order valence-electron chi connectivity index (χ2n) is 6.47. The Morgan fingerprint density at radius 3 is 2.60 bits per heavy atom. The van der Waals surface area contributed by atoms with Gasteiger partial charge >= 0.3 is 6.03 Å². The molecule has 5 nitrogen and oxygen atoms in total. The zero-order valence-electron chi connectivity index (χ0n) is 12.7. The number of likely N-dealkylation sites (tertiary alicyclic amines) is 1. The van der Waals surface area contributed by atoms with Crippen molar-refractivity contribution in [3.05, 3.63) is 0 Å². The monoisotopic (exact) mass is 284 g/mol. The largest absolute Gasteiger partial charge is 0.393 e. The number of carbonyl (C=O) groups excluding carboxylic acids is 1. The summed E-state index contributed by atoms with van der Waals surface area (Å²) in [4.78, 5) is 14.0. The van der Waals surface area contributed by atoms with Gasteiger partial charge in [0.2, 0.25) is 0 Å². The minimum atomic E-state index is -0.260. The number of rotatable bonds is 6. The lowest BCUT2D eigenvalue weighted by molar-refractivity contribution is 0.0794. The van der Waals surface area contributed by atoms with Crippen molar-refractivity contribution < 1.29 is 14.6 Å². The summed E-state index contributed by atoms with van der Waals surface area (Å²) in [6.07, 6.45) is 4.97. The van der Waals surface area contributed by atoms with E-state index in [1.807, 2.05) is 11.8 Å². The number of ether oxygens (including phenoxy) is 1. The lowest BCUT2D eigenvalue weighted by Gasteiger charge is -2.33. The van der Waals surface area contributed by atoms with Crippen molar-refractivity contribution in [3.8, 4) is 0 Å². The fourth-order valence-electron chi connectivity index (χ4n) is 2.97. The molecule has 1 heterocycles. The molecule has 1 atom stereocenters. The summed E-state index contributed by atoms with van der Waals surface area (Å²) in [5.74, 6) is 0.343. The van der Waals surface area contributed by atoms with Gasteiger partial charge in [0.15, 0.2) is 0 Å². The number of amides is 2. The number of urea groups is 1. The van der Waals surface area contributed by atoms with Gasteiger partial charge in [0.25, 0.3) is 0 Å². The van der Waals surface area contributed by atoms with Gasteiger partial charge in [-0.2, -0.15) is 0 Å². The molecule has 1 unspecified atom stereocenters. The van der Waals surface area contributed by atoms with Crippen LogP contribution in [0.3, 0.4) is 0 Å². The predicted octanol–water partition coefficient (Wildman–Crippen LogP) is 1.61. The highest BCUT2D eigenvalue weighted by molar-refractivity contribution is 5.74. The van der Waals surface area contributed by atoms with Crippen LogP contribution in [0.15, 0.2) is 0 Å². The van der Waals surface area contributed by atoms with Crippen LogP contribution in [0.4, 0.5) is 4.79 Å². The summed E-state index contributed by atoms with van der Waals surface area (Å²) in [5.41, 5.74) is 0.295. The summed E-state index contributed by atoms with van der Waals surface area (Å²) in [7, 11) is 1.72. The van der Waals surface area contributed by atoms with Crippen LogP contribution in [-0.2, 0) is 4.74 Å². The van der Waals surface area contributed by atoms with Crippen LogP contribution < -0.4 is 5.32 Å². The average molecular weight is 284 g/mol. The molecule has 0 bridgehead atoms. The molecular formula is C15H28N2O3. The molecule has 0 radical (unpaired) electrons. The molecule has 2 amide bonds. The van der Waals surface area contributed by atoms with Gasteiger partial charge in [0.05, 0.1) is 6.10 Å². The van der Waals surface area contributed by atoms with Crippen molar-refractivity contribution in [2.24, 2.45) is 11.3 Å². The van der Waals surface area contributed by atoms with E-state index in [1.165, 1.54) is 12.8 Å². The Balaban J connectivity index is 1.68. The molecule has 2 rings (SSSR count). The first-order valence-electron chi connectivity index (χ1n) is 7.76. The second-order valence-corrected chi connectivity index (χ2v) is 6.47. The van der Waals surface area contributed by atoms with E-state index in [0.717, 1.165) is 45.5 Å². The first-order valence-corrected chi connectivity index (χ1v) is 7.76. The lowest BCUT2D eigenvalue weighted by atomic mass is 9.92. The summed E-state index contributed by atoms with van der Waals surface area (Å²) in [6.45, 7) is 4.90. The molecule has 2 fully saturated rings. The quantitative estimate of drug-likeness (QED) is 0.779. The van der Waals surface area contributed by atoms with Crippen LogP contribution in [0.1, 0.15) is 39.0 Å². The van der Waals surface area contributed by atoms with Crippen molar-refractivity contribution in [3.63, 3.8) is 0 Å². The van der Waals surface area contributed by atoms with Crippen LogP contribution in [0.25, 0.3) is 0 Å². The maximum absolute atomic E-state index is 12.1. The number of nitrogens with zero attached hydrogens (tertiary/aromatic N) is 1. The molecule has 5 heteroatoms. The number of nitrogens with one attached hydrogen (secondary N) is 1. The molecule has 1 aliphatic heterocycles. The fourth-order valence-corrected chi connectivity index (χ4v) is 2.97. The first kappa shape index (κ1) is 15.6. The number of aliphatic hydroxyl groups excluding tert-OH is 1. The smallest absolute Gasteiger partial charge is 0.317 e. The van der Waals surface area contributed by atoms with Crippen LogP contribution in [0.5, 0.6) is 0 Å². The van der Waals surface area contributed by atoms with E-state index >= 15 is 0 Å². The second kappa shape index (κ2) is 6.76. The Hall–Kier alpha value is -0.810. The molecule has 1 saturated heterocycles. The van der Waals surface area contributed by atoms with Crippen LogP contribution in [0.2, 0.25) is 0 Å². The Bertz CT molecular complexity index is 321. The van der Waals surface area contributed by atoms with E-state index in [1.54, 1.807) is 7.11 Å². The molecule has 0 aromatic carbocycles. The van der Waals surface area contributed by atoms with E-state index in [4.69, 9.17) is 4.74 Å². The topological polar surface area (TPSA) is 61.8 Å². The number of methoxy groups -OCH3 is 1. The molecule has 2 N–H and O–H groups in total. The zero-order valence-corrected chi connectivity index (χ0v) is 12.7. The fraction of sp³-hybridized carbons (Fsp3) is 0.933. The van der Waals surface area contributed by atoms with Crippen molar-refractivity contribution in [1.82, 2.24) is 10.2 Å². The molecule has 20 heavy (non-hydrogen) atoms. The standard InChI is InChI=1S/C15H28N2O3/c1-12(18)13-3-8-17(9-4-13)14(19)16-11-15(5-6-15)7-10-20-2/h12-13,18H,3-11H2,1-2H3,(H,16,19). The molecule has 2 aliphatic rings. The molecular weight excluding hydrogens is 256 g/mol. The zero-order chi connectivity index (χ0) is 14.6. The van der Waals surface area contributed by atoms with Gasteiger partial charge in [-0.3, -0.25) is 0 Å². The van der Waals surface area contributed by atoms with Crippen molar-refractivity contribution in [2.45, 2.75) is 45.1 Å². The van der Waals surface area contributed by atoms with Gasteiger partial charge in [-0.05, 0) is 50.4 Å². The van der Waals surface area contributed by atoms with Gasteiger partial charge in [-0.25, -0.2) is 4.79 Å². The number of carbonyl (C=O) groups is 1. The van der Waals surface area contributed by atoms with Gasteiger partial charge in [-0.15, -0.1) is 0 Å². The predicted molar refractivity (Wildman–Crippen MR) is 77.5 cm³/mol. The van der Waals surface area contributed by atoms with Gasteiger partial charge < -0.3 is 20.1 Å². The molecule has 0 aromatic heterocycles. The van der Waals surface area contributed by atoms with Crippen LogP contribution >= 0.6 is 0 Å². The highest BCUT2D eigenvalue weighted by atomic mass is 16.5. The molecule has 0 aromatic rings. The Morgan fingerprint density at radius 1 is 1.45 bits per heavy atom. The van der Waals surface area contributed by atoms with Gasteiger partial charge in [0.1, 0.15) is 0 Å². The number of hydrogen-bond donors (Lipinski definition) is 2. The van der Waals surface area contributed by atoms with Crippen LogP contribution in [0, 0.1) is 11.3 Å². The van der Waals surface area contributed by atoms with Gasteiger partial charge in [-0.1, -0.05) is 0 Å². The maximum Gasteiger partial charge on any atom is 0.317 e. The third kappa shape index (κ3) is 4.09. The molecule has 1 saturated carbocycles. The van der Waals surface area contributed by atoms with Crippen molar-refractivity contribution in [1.29, 1.82) is 0 Å². The average Bonchev–Trinajstić information content (AvgIpc) is 3.23. The van der Waals surface area contributed by atoms with Crippen LogP contribution in [-0.4, -0.2) is 55.5 Å². The SMILES string of the molecule is COCCC1(CNC(=O)N2CCC(C(C)O)CC2)CC1. The normalized spacial score (nSPS) is 23.4. The van der Waals surface area contributed by atoms with E-state index < -0.39 is 0 Å². The van der Waals surface area contributed by atoms with Crippen molar-refractivity contribution >= 4 is 6.03 Å². The highest BCUT2D eigenvalue weighted by Crippen LogP contribution is 2.48. The maximum atomic E-state index is 12.1. The molecule has 1 aliphatic carbocycles. The summed E-state index contributed by atoms with van der Waals surface area (Å²) < 4.78 is 5.13.